The maximum Gasteiger partial charge on any atom is 0.134 e. The van der Waals surface area contributed by atoms with E-state index in [1.807, 2.05) is 24.8 Å². The SMILES string of the molecule is C=CC(CCC(=C)C)N1CCc2cccc(NN3CCC(SCC4=Nc5cc(C)cc(F)c5C(=C)N4)CC3)c2C1=C. The Morgan fingerprint density at radius 3 is 2.73 bits per heavy atom. The molecule has 0 amide bonds. The van der Waals surface area contributed by atoms with Gasteiger partial charge in [-0.3, -0.25) is 0 Å². The molecule has 2 aromatic carbocycles. The Hall–Kier alpha value is -3.29. The van der Waals surface area contributed by atoms with E-state index < -0.39 is 0 Å². The van der Waals surface area contributed by atoms with Gasteiger partial charge in [0.1, 0.15) is 11.7 Å². The first-order valence-electron chi connectivity index (χ1n) is 14.6. The molecule has 2 N–H and O–H groups in total. The van der Waals surface area contributed by atoms with Crippen LogP contribution in [0.2, 0.25) is 0 Å². The number of piperidine rings is 1. The van der Waals surface area contributed by atoms with E-state index in [4.69, 9.17) is 4.99 Å². The number of fused-ring (bicyclic) bond motifs is 2. The third-order valence-corrected chi connectivity index (χ3v) is 9.57. The smallest absolute Gasteiger partial charge is 0.134 e. The number of rotatable bonds is 10. The van der Waals surface area contributed by atoms with Crippen LogP contribution >= 0.6 is 11.8 Å². The largest absolute Gasteiger partial charge is 0.365 e. The van der Waals surface area contributed by atoms with Gasteiger partial charge in [-0.05, 0) is 75.3 Å². The number of hydrazine groups is 1. The summed E-state index contributed by atoms with van der Waals surface area (Å²) in [6.45, 7) is 23.7. The number of hydrogen-bond donors (Lipinski definition) is 2. The molecule has 0 aromatic heterocycles. The number of aryl methyl sites for hydroxylation is 1. The van der Waals surface area contributed by atoms with Crippen molar-refractivity contribution in [2.24, 2.45) is 4.99 Å². The third kappa shape index (κ3) is 6.62. The van der Waals surface area contributed by atoms with Crippen molar-refractivity contribution in [3.8, 4) is 0 Å². The minimum absolute atomic E-state index is 0.255. The Kier molecular flexibility index (Phi) is 9.05. The summed E-state index contributed by atoms with van der Waals surface area (Å²) in [7, 11) is 0. The van der Waals surface area contributed by atoms with Crippen molar-refractivity contribution >= 4 is 40.4 Å². The molecule has 41 heavy (non-hydrogen) atoms. The number of thioether (sulfide) groups is 1. The maximum atomic E-state index is 14.4. The lowest BCUT2D eigenvalue weighted by Crippen LogP contribution is -2.41. The number of nitrogens with zero attached hydrogens (tertiary/aromatic N) is 3. The van der Waals surface area contributed by atoms with Gasteiger partial charge in [0.25, 0.3) is 0 Å². The van der Waals surface area contributed by atoms with E-state index in [2.05, 4.69) is 78.2 Å². The van der Waals surface area contributed by atoms with Gasteiger partial charge in [-0.25, -0.2) is 14.4 Å². The Balaban J connectivity index is 1.18. The van der Waals surface area contributed by atoms with Gasteiger partial charge >= 0.3 is 0 Å². The molecule has 1 saturated heterocycles. The molecule has 0 spiro atoms. The number of aliphatic imine (C=N–C) groups is 1. The Morgan fingerprint density at radius 2 is 2.00 bits per heavy atom. The molecule has 5 rings (SSSR count). The molecule has 1 fully saturated rings. The second-order valence-corrected chi connectivity index (χ2v) is 12.7. The molecule has 0 saturated carbocycles. The monoisotopic (exact) mass is 571 g/mol. The molecule has 3 aliphatic heterocycles. The summed E-state index contributed by atoms with van der Waals surface area (Å²) in [5.74, 6) is 1.33. The molecule has 7 heteroatoms. The van der Waals surface area contributed by atoms with Crippen LogP contribution in [-0.4, -0.2) is 52.4 Å². The highest BCUT2D eigenvalue weighted by atomic mass is 32.2. The molecular weight excluding hydrogens is 529 g/mol. The summed E-state index contributed by atoms with van der Waals surface area (Å²) in [6, 6.07) is 10.3. The summed E-state index contributed by atoms with van der Waals surface area (Å²) in [5.41, 5.74) is 12.3. The van der Waals surface area contributed by atoms with Crippen molar-refractivity contribution < 1.29 is 4.39 Å². The Morgan fingerprint density at radius 1 is 1.22 bits per heavy atom. The molecule has 2 aromatic rings. The van der Waals surface area contributed by atoms with Crippen LogP contribution in [0, 0.1) is 12.7 Å². The molecule has 0 bridgehead atoms. The van der Waals surface area contributed by atoms with Crippen LogP contribution in [0.15, 0.2) is 73.3 Å². The minimum Gasteiger partial charge on any atom is -0.365 e. The Labute approximate surface area is 249 Å². The number of halogens is 1. The van der Waals surface area contributed by atoms with E-state index in [1.165, 1.54) is 22.8 Å². The summed E-state index contributed by atoms with van der Waals surface area (Å²) < 4.78 is 14.4. The topological polar surface area (TPSA) is 42.9 Å². The van der Waals surface area contributed by atoms with Gasteiger partial charge in [-0.1, -0.05) is 36.9 Å². The fourth-order valence-electron chi connectivity index (χ4n) is 6.01. The fourth-order valence-corrected chi connectivity index (χ4v) is 7.09. The van der Waals surface area contributed by atoms with E-state index in [9.17, 15) is 4.39 Å². The molecular formula is C34H42FN5S. The highest BCUT2D eigenvalue weighted by Crippen LogP contribution is 2.37. The normalized spacial score (nSPS) is 18.2. The fraction of sp³-hybridized carbons (Fsp3) is 0.382. The predicted octanol–water partition coefficient (Wildman–Crippen LogP) is 7.70. The third-order valence-electron chi connectivity index (χ3n) is 8.19. The molecule has 0 aliphatic carbocycles. The van der Waals surface area contributed by atoms with E-state index in [0.717, 1.165) is 80.3 Å². The summed E-state index contributed by atoms with van der Waals surface area (Å²) in [4.78, 5) is 7.12. The van der Waals surface area contributed by atoms with Crippen LogP contribution in [0.5, 0.6) is 0 Å². The van der Waals surface area contributed by atoms with Crippen molar-refractivity contribution in [2.45, 2.75) is 57.2 Å². The van der Waals surface area contributed by atoms with Gasteiger partial charge in [-0.15, -0.1) is 13.2 Å². The van der Waals surface area contributed by atoms with Crippen LogP contribution in [0.1, 0.15) is 54.9 Å². The zero-order valence-corrected chi connectivity index (χ0v) is 25.3. The number of nitrogens with one attached hydrogen (secondary N) is 2. The summed E-state index contributed by atoms with van der Waals surface area (Å²) in [5, 5.41) is 6.10. The molecule has 3 aliphatic rings. The van der Waals surface area contributed by atoms with Crippen LogP contribution in [0.4, 0.5) is 15.8 Å². The predicted molar refractivity (Wildman–Crippen MR) is 175 cm³/mol. The van der Waals surface area contributed by atoms with Crippen molar-refractivity contribution in [1.29, 1.82) is 0 Å². The average molecular weight is 572 g/mol. The summed E-state index contributed by atoms with van der Waals surface area (Å²) in [6.07, 6.45) is 7.22. The van der Waals surface area contributed by atoms with E-state index >= 15 is 0 Å². The van der Waals surface area contributed by atoms with Crippen molar-refractivity contribution in [3.63, 3.8) is 0 Å². The van der Waals surface area contributed by atoms with Crippen LogP contribution in [0.3, 0.4) is 0 Å². The van der Waals surface area contributed by atoms with Gasteiger partial charge in [0.05, 0.1) is 22.7 Å². The highest BCUT2D eigenvalue weighted by molar-refractivity contribution is 8.00. The van der Waals surface area contributed by atoms with Crippen molar-refractivity contribution in [2.75, 3.05) is 30.8 Å². The Bertz CT molecular complexity index is 1390. The maximum absolute atomic E-state index is 14.4. The molecule has 1 atom stereocenters. The number of amidine groups is 1. The molecule has 5 nitrogen and oxygen atoms in total. The lowest BCUT2D eigenvalue weighted by molar-refractivity contribution is 0.277. The van der Waals surface area contributed by atoms with Gasteiger partial charge in [0, 0.05) is 47.9 Å². The number of hydrogen-bond acceptors (Lipinski definition) is 6. The van der Waals surface area contributed by atoms with E-state index in [-0.39, 0.29) is 11.9 Å². The summed E-state index contributed by atoms with van der Waals surface area (Å²) >= 11 is 1.91. The van der Waals surface area contributed by atoms with Crippen molar-refractivity contribution in [1.82, 2.24) is 15.2 Å². The zero-order chi connectivity index (χ0) is 29.1. The van der Waals surface area contributed by atoms with Crippen LogP contribution < -0.4 is 10.7 Å². The average Bonchev–Trinajstić information content (AvgIpc) is 2.93. The van der Waals surface area contributed by atoms with E-state index in [1.54, 1.807) is 0 Å². The first kappa shape index (κ1) is 29.2. The molecule has 3 heterocycles. The standard InChI is InChI=1S/C34H42FN5S/c1-7-27(12-11-22(2)3)40-18-13-26-9-8-10-30(34(26)25(40)6)38-39-16-14-28(15-17-39)41-21-32-36-24(5)33-29(35)19-23(4)20-31(33)37-32/h7-10,19-20,27-28,38H,1-2,5-6,11-18,21H2,3-4H3,(H,36,37). The quantitative estimate of drug-likeness (QED) is 0.286. The van der Waals surface area contributed by atoms with Gasteiger partial charge in [0.15, 0.2) is 0 Å². The van der Waals surface area contributed by atoms with Gasteiger partial charge in [-0.2, -0.15) is 11.8 Å². The van der Waals surface area contributed by atoms with E-state index in [0.29, 0.717) is 22.2 Å². The molecule has 216 valence electrons. The zero-order valence-electron chi connectivity index (χ0n) is 24.4. The molecule has 0 radical (unpaired) electrons. The number of anilines is 1. The first-order valence-corrected chi connectivity index (χ1v) is 15.6. The van der Waals surface area contributed by atoms with Crippen molar-refractivity contribution in [3.05, 3.63) is 96.4 Å². The lowest BCUT2D eigenvalue weighted by Gasteiger charge is -2.40. The second kappa shape index (κ2) is 12.7. The highest BCUT2D eigenvalue weighted by Gasteiger charge is 2.28. The first-order chi connectivity index (χ1) is 19.7. The van der Waals surface area contributed by atoms with Crippen LogP contribution in [0.25, 0.3) is 11.4 Å². The molecule has 1 unspecified atom stereocenters. The minimum atomic E-state index is -0.271. The van der Waals surface area contributed by atoms with Gasteiger partial charge in [0.2, 0.25) is 0 Å². The second-order valence-electron chi connectivity index (χ2n) is 11.4. The number of benzene rings is 2. The lowest BCUT2D eigenvalue weighted by atomic mass is 9.93. The van der Waals surface area contributed by atoms with Crippen LogP contribution in [-0.2, 0) is 6.42 Å². The number of allylic oxidation sites excluding steroid dienone is 1. The van der Waals surface area contributed by atoms with Gasteiger partial charge < -0.3 is 15.6 Å².